The van der Waals surface area contributed by atoms with Crippen LogP contribution in [0.5, 0.6) is 0 Å². The maximum atomic E-state index is 13.6. The quantitative estimate of drug-likeness (QED) is 0.882. The van der Waals surface area contributed by atoms with Crippen LogP contribution in [0.3, 0.4) is 0 Å². The average Bonchev–Trinajstić information content (AvgIpc) is 2.95. The minimum absolute atomic E-state index is 0.101. The Balaban J connectivity index is 1.79. The van der Waals surface area contributed by atoms with Gasteiger partial charge in [-0.05, 0) is 18.2 Å². The van der Waals surface area contributed by atoms with Gasteiger partial charge in [0.15, 0.2) is 0 Å². The Kier molecular flexibility index (Phi) is 4.08. The lowest BCUT2D eigenvalue weighted by molar-refractivity contribution is -0.0622. The fourth-order valence-corrected chi connectivity index (χ4v) is 2.79. The summed E-state index contributed by atoms with van der Waals surface area (Å²) in [4.78, 5) is 13.4. The zero-order chi connectivity index (χ0) is 16.6. The maximum Gasteiger partial charge on any atom is 0.272 e. The van der Waals surface area contributed by atoms with Gasteiger partial charge in [-0.1, -0.05) is 23.7 Å². The SMILES string of the molecule is NC1CN(C(=O)c2cc(-c3ccc(Cl)cc3)n[nH]2)CC(F)(F)C1. The number of nitrogens with two attached hydrogens (primary N) is 1. The van der Waals surface area contributed by atoms with Crippen LogP contribution in [0.2, 0.25) is 5.02 Å². The molecule has 1 fully saturated rings. The number of carbonyl (C=O) groups excluding carboxylic acids is 1. The van der Waals surface area contributed by atoms with Crippen LogP contribution < -0.4 is 5.73 Å². The van der Waals surface area contributed by atoms with Crippen LogP contribution >= 0.6 is 11.6 Å². The lowest BCUT2D eigenvalue weighted by atomic mass is 10.0. The van der Waals surface area contributed by atoms with Gasteiger partial charge in [0.25, 0.3) is 11.8 Å². The molecule has 0 radical (unpaired) electrons. The van der Waals surface area contributed by atoms with Crippen molar-refractivity contribution in [3.8, 4) is 11.3 Å². The van der Waals surface area contributed by atoms with Gasteiger partial charge in [-0.2, -0.15) is 5.10 Å². The normalized spacial score (nSPS) is 20.5. The molecule has 122 valence electrons. The molecular formula is C15H15ClF2N4O. The van der Waals surface area contributed by atoms with Crippen molar-refractivity contribution < 1.29 is 13.6 Å². The van der Waals surface area contributed by atoms with Crippen LogP contribution in [0.15, 0.2) is 30.3 Å². The summed E-state index contributed by atoms with van der Waals surface area (Å²) in [5.74, 6) is -3.50. The Labute approximate surface area is 136 Å². The van der Waals surface area contributed by atoms with Crippen molar-refractivity contribution in [3.05, 3.63) is 41.0 Å². The first-order valence-corrected chi connectivity index (χ1v) is 7.46. The van der Waals surface area contributed by atoms with Crippen LogP contribution in [0, 0.1) is 0 Å². The molecule has 1 amide bonds. The fraction of sp³-hybridized carbons (Fsp3) is 0.333. The molecule has 1 atom stereocenters. The molecule has 1 aliphatic heterocycles. The highest BCUT2D eigenvalue weighted by Gasteiger charge is 2.41. The number of hydrogen-bond donors (Lipinski definition) is 2. The van der Waals surface area contributed by atoms with Gasteiger partial charge in [0.1, 0.15) is 5.69 Å². The number of aromatic amines is 1. The van der Waals surface area contributed by atoms with E-state index < -0.39 is 30.8 Å². The summed E-state index contributed by atoms with van der Waals surface area (Å²) >= 11 is 5.82. The number of aromatic nitrogens is 2. The van der Waals surface area contributed by atoms with E-state index in [4.69, 9.17) is 17.3 Å². The van der Waals surface area contributed by atoms with Crippen LogP contribution in [0.1, 0.15) is 16.9 Å². The first-order valence-electron chi connectivity index (χ1n) is 7.08. The van der Waals surface area contributed by atoms with Gasteiger partial charge in [-0.15, -0.1) is 0 Å². The molecule has 1 unspecified atom stereocenters. The molecule has 3 N–H and O–H groups in total. The van der Waals surface area contributed by atoms with Gasteiger partial charge in [-0.3, -0.25) is 9.89 Å². The predicted octanol–water partition coefficient (Wildman–Crippen LogP) is 2.54. The number of H-pyrrole nitrogens is 1. The second kappa shape index (κ2) is 5.90. The van der Waals surface area contributed by atoms with Gasteiger partial charge >= 0.3 is 0 Å². The summed E-state index contributed by atoms with van der Waals surface area (Å²) in [5.41, 5.74) is 7.08. The molecule has 0 aliphatic carbocycles. The molecular weight excluding hydrogens is 326 g/mol. The summed E-state index contributed by atoms with van der Waals surface area (Å²) in [6.07, 6.45) is -0.407. The van der Waals surface area contributed by atoms with Crippen molar-refractivity contribution in [2.45, 2.75) is 18.4 Å². The van der Waals surface area contributed by atoms with Crippen molar-refractivity contribution in [3.63, 3.8) is 0 Å². The minimum atomic E-state index is -2.97. The molecule has 1 saturated heterocycles. The Hall–Kier alpha value is -1.99. The maximum absolute atomic E-state index is 13.6. The third kappa shape index (κ3) is 3.51. The van der Waals surface area contributed by atoms with E-state index in [1.807, 2.05) is 0 Å². The fourth-order valence-electron chi connectivity index (χ4n) is 2.66. The summed E-state index contributed by atoms with van der Waals surface area (Å²) in [6, 6.07) is 7.73. The Bertz CT molecular complexity index is 717. The van der Waals surface area contributed by atoms with Crippen molar-refractivity contribution in [1.29, 1.82) is 0 Å². The Morgan fingerprint density at radius 1 is 1.39 bits per heavy atom. The molecule has 2 aromatic rings. The number of piperidine rings is 1. The van der Waals surface area contributed by atoms with Crippen molar-refractivity contribution >= 4 is 17.5 Å². The number of likely N-dealkylation sites (tertiary alicyclic amines) is 1. The highest BCUT2D eigenvalue weighted by atomic mass is 35.5. The number of hydrogen-bond acceptors (Lipinski definition) is 3. The Morgan fingerprint density at radius 3 is 2.74 bits per heavy atom. The van der Waals surface area contributed by atoms with Crippen molar-refractivity contribution in [2.75, 3.05) is 13.1 Å². The van der Waals surface area contributed by atoms with Gasteiger partial charge in [0.05, 0.1) is 12.2 Å². The smallest absolute Gasteiger partial charge is 0.272 e. The number of halogens is 3. The first-order chi connectivity index (χ1) is 10.8. The number of alkyl halides is 2. The third-order valence-corrected chi connectivity index (χ3v) is 3.93. The van der Waals surface area contributed by atoms with Gasteiger partial charge in [0, 0.05) is 29.6 Å². The van der Waals surface area contributed by atoms with Gasteiger partial charge < -0.3 is 10.6 Å². The molecule has 1 aromatic carbocycles. The number of amides is 1. The standard InChI is InChI=1S/C15H15ClF2N4O/c16-10-3-1-9(2-4-10)12-5-13(21-20-12)14(23)22-7-11(19)6-15(17,18)8-22/h1-5,11H,6-8,19H2,(H,20,21). The average molecular weight is 341 g/mol. The largest absolute Gasteiger partial charge is 0.330 e. The van der Waals surface area contributed by atoms with Crippen LogP contribution in [0.4, 0.5) is 8.78 Å². The molecule has 0 saturated carbocycles. The highest BCUT2D eigenvalue weighted by Crippen LogP contribution is 2.27. The van der Waals surface area contributed by atoms with Crippen LogP contribution in [0.25, 0.3) is 11.3 Å². The first kappa shape index (κ1) is 15.9. The van der Waals surface area contributed by atoms with Crippen LogP contribution in [-0.4, -0.2) is 46.1 Å². The minimum Gasteiger partial charge on any atom is -0.330 e. The number of benzene rings is 1. The second-order valence-corrected chi connectivity index (χ2v) is 6.12. The third-order valence-electron chi connectivity index (χ3n) is 3.67. The van der Waals surface area contributed by atoms with E-state index >= 15 is 0 Å². The topological polar surface area (TPSA) is 75.0 Å². The molecule has 23 heavy (non-hydrogen) atoms. The lowest BCUT2D eigenvalue weighted by Crippen LogP contribution is -2.54. The number of nitrogens with one attached hydrogen (secondary N) is 1. The monoisotopic (exact) mass is 340 g/mol. The molecule has 3 rings (SSSR count). The van der Waals surface area contributed by atoms with E-state index in [0.717, 1.165) is 10.5 Å². The summed E-state index contributed by atoms with van der Waals surface area (Å²) < 4.78 is 27.2. The van der Waals surface area contributed by atoms with E-state index in [0.29, 0.717) is 10.7 Å². The molecule has 0 bridgehead atoms. The number of rotatable bonds is 2. The summed E-state index contributed by atoms with van der Waals surface area (Å²) in [5, 5.41) is 7.24. The highest BCUT2D eigenvalue weighted by molar-refractivity contribution is 6.30. The molecule has 5 nitrogen and oxygen atoms in total. The molecule has 0 spiro atoms. The number of nitrogens with zero attached hydrogens (tertiary/aromatic N) is 2. The van der Waals surface area contributed by atoms with E-state index in [-0.39, 0.29) is 12.2 Å². The van der Waals surface area contributed by atoms with Crippen molar-refractivity contribution in [2.24, 2.45) is 5.73 Å². The molecule has 8 heteroatoms. The predicted molar refractivity (Wildman–Crippen MR) is 82.5 cm³/mol. The molecule has 2 heterocycles. The van der Waals surface area contributed by atoms with E-state index in [1.54, 1.807) is 24.3 Å². The van der Waals surface area contributed by atoms with E-state index in [2.05, 4.69) is 10.2 Å². The van der Waals surface area contributed by atoms with E-state index in [9.17, 15) is 13.6 Å². The summed E-state index contributed by atoms with van der Waals surface area (Å²) in [7, 11) is 0. The lowest BCUT2D eigenvalue weighted by Gasteiger charge is -2.35. The zero-order valence-corrected chi connectivity index (χ0v) is 12.9. The van der Waals surface area contributed by atoms with E-state index in [1.165, 1.54) is 6.07 Å². The van der Waals surface area contributed by atoms with Crippen molar-refractivity contribution in [1.82, 2.24) is 15.1 Å². The summed E-state index contributed by atoms with van der Waals surface area (Å²) in [6.45, 7) is -0.529. The second-order valence-electron chi connectivity index (χ2n) is 5.68. The Morgan fingerprint density at radius 2 is 2.09 bits per heavy atom. The molecule has 1 aliphatic rings. The van der Waals surface area contributed by atoms with Crippen LogP contribution in [-0.2, 0) is 0 Å². The van der Waals surface area contributed by atoms with Gasteiger partial charge in [-0.25, -0.2) is 8.78 Å². The van der Waals surface area contributed by atoms with Gasteiger partial charge in [0.2, 0.25) is 0 Å². The molecule has 1 aromatic heterocycles. The number of carbonyl (C=O) groups is 1. The zero-order valence-electron chi connectivity index (χ0n) is 12.1.